The largest absolute Gasteiger partial charge is 0.356 e. The van der Waals surface area contributed by atoms with Crippen molar-refractivity contribution >= 4 is 11.8 Å². The topological polar surface area (TPSA) is 57.3 Å². The fourth-order valence-corrected chi connectivity index (χ4v) is 2.43. The van der Waals surface area contributed by atoms with Crippen molar-refractivity contribution in [3.63, 3.8) is 0 Å². The Labute approximate surface area is 126 Å². The highest BCUT2D eigenvalue weighted by atomic mass is 16.2. The van der Waals surface area contributed by atoms with Gasteiger partial charge in [-0.15, -0.1) is 0 Å². The Hall–Kier alpha value is -2.04. The zero-order valence-corrected chi connectivity index (χ0v) is 12.9. The van der Waals surface area contributed by atoms with Gasteiger partial charge < -0.3 is 15.5 Å². The average molecular weight is 288 g/mol. The van der Waals surface area contributed by atoms with Gasteiger partial charge in [-0.05, 0) is 38.8 Å². The van der Waals surface area contributed by atoms with E-state index in [-0.39, 0.29) is 12.1 Å². The molecule has 2 rings (SSSR count). The molecule has 0 aromatic carbocycles. The zero-order chi connectivity index (χ0) is 15.2. The molecular formula is C16H24N4O. The van der Waals surface area contributed by atoms with E-state index in [0.29, 0.717) is 6.54 Å². The van der Waals surface area contributed by atoms with Crippen molar-refractivity contribution in [1.29, 1.82) is 0 Å². The number of anilines is 1. The monoisotopic (exact) mass is 288 g/mol. The van der Waals surface area contributed by atoms with E-state index in [1.165, 1.54) is 0 Å². The van der Waals surface area contributed by atoms with Crippen molar-refractivity contribution in [2.45, 2.75) is 32.7 Å². The molecule has 5 heteroatoms. The first-order valence-corrected chi connectivity index (χ1v) is 7.42. The van der Waals surface area contributed by atoms with E-state index in [9.17, 15) is 4.79 Å². The number of nitrogens with zero attached hydrogens (tertiary/aromatic N) is 2. The lowest BCUT2D eigenvalue weighted by Crippen LogP contribution is -2.48. The van der Waals surface area contributed by atoms with Crippen LogP contribution in [0.4, 0.5) is 10.6 Å². The van der Waals surface area contributed by atoms with E-state index in [0.717, 1.165) is 43.0 Å². The normalized spacial score (nSPS) is 15.6. The predicted molar refractivity (Wildman–Crippen MR) is 85.6 cm³/mol. The molecule has 0 atom stereocenters. The zero-order valence-electron chi connectivity index (χ0n) is 12.9. The highest BCUT2D eigenvalue weighted by Gasteiger charge is 2.21. The van der Waals surface area contributed by atoms with Gasteiger partial charge >= 0.3 is 6.03 Å². The van der Waals surface area contributed by atoms with Gasteiger partial charge in [0.15, 0.2) is 0 Å². The molecule has 2 amide bonds. The van der Waals surface area contributed by atoms with Gasteiger partial charge in [0.25, 0.3) is 0 Å². The first kappa shape index (κ1) is 15.4. The molecule has 1 aromatic rings. The highest BCUT2D eigenvalue weighted by molar-refractivity contribution is 5.74. The van der Waals surface area contributed by atoms with Crippen LogP contribution in [0.3, 0.4) is 0 Å². The van der Waals surface area contributed by atoms with Gasteiger partial charge in [0, 0.05) is 31.4 Å². The summed E-state index contributed by atoms with van der Waals surface area (Å²) in [6.45, 7) is 10.0. The van der Waals surface area contributed by atoms with Crippen LogP contribution in [0.25, 0.3) is 0 Å². The van der Waals surface area contributed by atoms with Crippen LogP contribution >= 0.6 is 0 Å². The number of carbonyl (C=O) groups excluding carboxylic acids is 1. The maximum absolute atomic E-state index is 11.7. The Morgan fingerprint density at radius 1 is 1.43 bits per heavy atom. The molecule has 0 aliphatic carbocycles. The number of rotatable bonds is 4. The summed E-state index contributed by atoms with van der Waals surface area (Å²) in [6.07, 6.45) is 1.88. The minimum absolute atomic E-state index is 0.106. The van der Waals surface area contributed by atoms with Crippen LogP contribution in [0.2, 0.25) is 0 Å². The van der Waals surface area contributed by atoms with E-state index in [2.05, 4.69) is 27.1 Å². The second-order valence-corrected chi connectivity index (χ2v) is 5.68. The molecule has 1 aromatic heterocycles. The number of carbonyl (C=O) groups is 1. The molecule has 114 valence electrons. The third kappa shape index (κ3) is 4.77. The molecule has 1 aliphatic rings. The summed E-state index contributed by atoms with van der Waals surface area (Å²) < 4.78 is 0. The molecular weight excluding hydrogens is 264 g/mol. The van der Waals surface area contributed by atoms with Gasteiger partial charge in [-0.3, -0.25) is 0 Å². The summed E-state index contributed by atoms with van der Waals surface area (Å²) in [5, 5.41) is 5.82. The maximum atomic E-state index is 11.7. The maximum Gasteiger partial charge on any atom is 0.315 e. The molecule has 1 aliphatic heterocycles. The summed E-state index contributed by atoms with van der Waals surface area (Å²) >= 11 is 0. The van der Waals surface area contributed by atoms with Crippen molar-refractivity contribution in [3.05, 3.63) is 36.0 Å². The number of hydrogen-bond donors (Lipinski definition) is 2. The summed E-state index contributed by atoms with van der Waals surface area (Å²) in [7, 11) is 0. The van der Waals surface area contributed by atoms with Crippen molar-refractivity contribution in [2.24, 2.45) is 0 Å². The standard InChI is InChI=1S/C16H24N4O/c1-12(2)11-17-16(21)19-14-7-9-20(10-8-14)15-6-4-5-13(3)18-15/h4-6,14H,1,7-11H2,2-3H3,(H2,17,19,21). The van der Waals surface area contributed by atoms with E-state index < -0.39 is 0 Å². The Bertz CT molecular complexity index is 507. The van der Waals surface area contributed by atoms with E-state index in [1.54, 1.807) is 0 Å². The molecule has 0 spiro atoms. The van der Waals surface area contributed by atoms with Crippen LogP contribution in [0, 0.1) is 6.92 Å². The number of pyridine rings is 1. The minimum Gasteiger partial charge on any atom is -0.356 e. The fourth-order valence-electron chi connectivity index (χ4n) is 2.43. The highest BCUT2D eigenvalue weighted by Crippen LogP contribution is 2.18. The number of piperidine rings is 1. The van der Waals surface area contributed by atoms with Crippen LogP contribution < -0.4 is 15.5 Å². The minimum atomic E-state index is -0.106. The lowest BCUT2D eigenvalue weighted by atomic mass is 10.1. The summed E-state index contributed by atoms with van der Waals surface area (Å²) in [4.78, 5) is 18.5. The fraction of sp³-hybridized carbons (Fsp3) is 0.500. The molecule has 0 saturated carbocycles. The van der Waals surface area contributed by atoms with E-state index in [1.807, 2.05) is 32.0 Å². The van der Waals surface area contributed by atoms with Gasteiger partial charge in [-0.1, -0.05) is 18.2 Å². The number of nitrogens with one attached hydrogen (secondary N) is 2. The number of hydrogen-bond acceptors (Lipinski definition) is 3. The van der Waals surface area contributed by atoms with Crippen LogP contribution in [-0.4, -0.2) is 36.7 Å². The van der Waals surface area contributed by atoms with Gasteiger partial charge in [-0.25, -0.2) is 9.78 Å². The lowest BCUT2D eigenvalue weighted by Gasteiger charge is -2.33. The predicted octanol–water partition coefficient (Wildman–Crippen LogP) is 2.23. The lowest BCUT2D eigenvalue weighted by molar-refractivity contribution is 0.235. The van der Waals surface area contributed by atoms with Gasteiger partial charge in [0.2, 0.25) is 0 Å². The molecule has 1 fully saturated rings. The molecule has 0 unspecified atom stereocenters. The number of amides is 2. The number of aryl methyl sites for hydroxylation is 1. The third-order valence-electron chi connectivity index (χ3n) is 3.58. The van der Waals surface area contributed by atoms with Crippen molar-refractivity contribution in [1.82, 2.24) is 15.6 Å². The SMILES string of the molecule is C=C(C)CNC(=O)NC1CCN(c2cccc(C)n2)CC1. The molecule has 0 bridgehead atoms. The Morgan fingerprint density at radius 3 is 2.76 bits per heavy atom. The second-order valence-electron chi connectivity index (χ2n) is 5.68. The van der Waals surface area contributed by atoms with Gasteiger partial charge in [-0.2, -0.15) is 0 Å². The second kappa shape index (κ2) is 7.11. The van der Waals surface area contributed by atoms with Crippen LogP contribution in [0.1, 0.15) is 25.5 Å². The smallest absolute Gasteiger partial charge is 0.315 e. The molecule has 2 heterocycles. The summed E-state index contributed by atoms with van der Waals surface area (Å²) in [5.41, 5.74) is 1.98. The van der Waals surface area contributed by atoms with E-state index >= 15 is 0 Å². The van der Waals surface area contributed by atoms with Crippen molar-refractivity contribution in [2.75, 3.05) is 24.5 Å². The Morgan fingerprint density at radius 2 is 2.14 bits per heavy atom. The number of aromatic nitrogens is 1. The average Bonchev–Trinajstić information content (AvgIpc) is 2.46. The summed E-state index contributed by atoms with van der Waals surface area (Å²) in [5.74, 6) is 1.03. The van der Waals surface area contributed by atoms with Crippen molar-refractivity contribution in [3.8, 4) is 0 Å². The first-order valence-electron chi connectivity index (χ1n) is 7.42. The third-order valence-corrected chi connectivity index (χ3v) is 3.58. The van der Waals surface area contributed by atoms with Gasteiger partial charge in [0.05, 0.1) is 0 Å². The Balaban J connectivity index is 1.78. The van der Waals surface area contributed by atoms with Crippen molar-refractivity contribution < 1.29 is 4.79 Å². The molecule has 5 nitrogen and oxygen atoms in total. The molecule has 21 heavy (non-hydrogen) atoms. The van der Waals surface area contributed by atoms with Crippen LogP contribution in [0.15, 0.2) is 30.4 Å². The molecule has 1 saturated heterocycles. The Kier molecular flexibility index (Phi) is 5.20. The van der Waals surface area contributed by atoms with Gasteiger partial charge in [0.1, 0.15) is 5.82 Å². The molecule has 0 radical (unpaired) electrons. The number of urea groups is 1. The van der Waals surface area contributed by atoms with Crippen LogP contribution in [0.5, 0.6) is 0 Å². The van der Waals surface area contributed by atoms with Crippen LogP contribution in [-0.2, 0) is 0 Å². The molecule has 2 N–H and O–H groups in total. The summed E-state index contributed by atoms with van der Waals surface area (Å²) in [6, 6.07) is 6.21. The quantitative estimate of drug-likeness (QED) is 0.835. The first-order chi connectivity index (χ1) is 10.0. The van der Waals surface area contributed by atoms with E-state index in [4.69, 9.17) is 0 Å².